The van der Waals surface area contributed by atoms with Gasteiger partial charge in [0.25, 0.3) is 0 Å². The Hall–Kier alpha value is -3.29. The fourth-order valence-electron chi connectivity index (χ4n) is 3.54. The summed E-state index contributed by atoms with van der Waals surface area (Å²) in [5.74, 6) is -0.423. The van der Waals surface area contributed by atoms with Crippen molar-refractivity contribution in [3.63, 3.8) is 0 Å². The lowest BCUT2D eigenvalue weighted by molar-refractivity contribution is -0.142. The van der Waals surface area contributed by atoms with Gasteiger partial charge in [0.1, 0.15) is 11.5 Å². The van der Waals surface area contributed by atoms with Gasteiger partial charge < -0.3 is 15.5 Å². The smallest absolute Gasteiger partial charge is 0.302 e. The molecule has 6 nitrogen and oxygen atoms in total. The highest BCUT2D eigenvalue weighted by Gasteiger charge is 2.27. The summed E-state index contributed by atoms with van der Waals surface area (Å²) in [6.45, 7) is 1.34. The lowest BCUT2D eigenvalue weighted by Gasteiger charge is -2.14. The number of benzene rings is 3. The number of nitrogens with two attached hydrogens (primary N) is 1. The number of hydrogen-bond acceptors (Lipinski definition) is 5. The largest absolute Gasteiger partial charge is 0.461 e. The van der Waals surface area contributed by atoms with Gasteiger partial charge in [0.15, 0.2) is 0 Å². The van der Waals surface area contributed by atoms with Gasteiger partial charge in [0, 0.05) is 29.0 Å². The molecule has 0 aliphatic heterocycles. The van der Waals surface area contributed by atoms with Crippen LogP contribution in [0, 0.1) is 0 Å². The van der Waals surface area contributed by atoms with E-state index in [-0.39, 0.29) is 27.1 Å². The van der Waals surface area contributed by atoms with E-state index in [1.54, 1.807) is 24.3 Å². The molecule has 0 amide bonds. The Morgan fingerprint density at radius 2 is 1.71 bits per heavy atom. The number of carbonyl (C=O) groups is 1. The molecule has 1 aromatic heterocycles. The molecule has 0 spiro atoms. The standard InChI is InChI=1S/C23H19ClN2O4S/c1-14(27)30-13-18-16-9-5-6-10-20(16)26-22(18)17-11-12-19(24)23(21(17)25)31(28,29)15-7-3-2-4-8-15/h2-12,26H,13,25H2,1H3. The van der Waals surface area contributed by atoms with Crippen molar-refractivity contribution in [1.82, 2.24) is 4.98 Å². The fourth-order valence-corrected chi connectivity index (χ4v) is 5.48. The number of H-pyrrole nitrogens is 1. The molecule has 3 N–H and O–H groups in total. The molecule has 0 aliphatic rings. The molecule has 0 saturated heterocycles. The summed E-state index contributed by atoms with van der Waals surface area (Å²) in [4.78, 5) is 14.6. The van der Waals surface area contributed by atoms with Crippen LogP contribution < -0.4 is 5.73 Å². The molecule has 0 radical (unpaired) electrons. The Bertz CT molecular complexity index is 1400. The minimum absolute atomic E-state index is 0.0114. The molecule has 0 saturated carbocycles. The molecule has 1 heterocycles. The van der Waals surface area contributed by atoms with Crippen LogP contribution in [0.4, 0.5) is 5.69 Å². The molecule has 3 aromatic carbocycles. The molecule has 4 rings (SSSR count). The molecule has 0 atom stereocenters. The molecule has 0 unspecified atom stereocenters. The molecule has 31 heavy (non-hydrogen) atoms. The topological polar surface area (TPSA) is 102 Å². The third kappa shape index (κ3) is 3.78. The van der Waals surface area contributed by atoms with Crippen molar-refractivity contribution >= 4 is 44.0 Å². The lowest BCUT2D eigenvalue weighted by Crippen LogP contribution is -2.08. The van der Waals surface area contributed by atoms with Crippen LogP contribution in [0.5, 0.6) is 0 Å². The van der Waals surface area contributed by atoms with Gasteiger partial charge in [-0.25, -0.2) is 8.42 Å². The van der Waals surface area contributed by atoms with Crippen molar-refractivity contribution in [1.29, 1.82) is 0 Å². The average molecular weight is 455 g/mol. The van der Waals surface area contributed by atoms with Gasteiger partial charge in [-0.1, -0.05) is 48.0 Å². The second-order valence-electron chi connectivity index (χ2n) is 6.96. The predicted octanol–water partition coefficient (Wildman–Crippen LogP) is 4.97. The Morgan fingerprint density at radius 3 is 2.42 bits per heavy atom. The number of anilines is 1. The summed E-state index contributed by atoms with van der Waals surface area (Å²) in [7, 11) is -3.96. The summed E-state index contributed by atoms with van der Waals surface area (Å²) in [6, 6.07) is 18.7. The van der Waals surface area contributed by atoms with Gasteiger partial charge in [-0.3, -0.25) is 4.79 Å². The minimum atomic E-state index is -3.96. The first-order valence-electron chi connectivity index (χ1n) is 9.42. The number of aromatic nitrogens is 1. The zero-order valence-electron chi connectivity index (χ0n) is 16.6. The summed E-state index contributed by atoms with van der Waals surface area (Å²) in [5.41, 5.74) is 8.95. The molecule has 158 valence electrons. The first-order chi connectivity index (χ1) is 14.8. The maximum atomic E-state index is 13.3. The number of fused-ring (bicyclic) bond motifs is 1. The molecule has 0 aliphatic carbocycles. The maximum absolute atomic E-state index is 13.3. The number of halogens is 1. The number of esters is 1. The van der Waals surface area contributed by atoms with Crippen molar-refractivity contribution in [2.24, 2.45) is 0 Å². The highest BCUT2D eigenvalue weighted by molar-refractivity contribution is 7.91. The van der Waals surface area contributed by atoms with E-state index in [0.29, 0.717) is 16.8 Å². The number of hydrogen-bond donors (Lipinski definition) is 2. The summed E-state index contributed by atoms with van der Waals surface area (Å²) < 4.78 is 31.8. The van der Waals surface area contributed by atoms with Crippen LogP contribution in [-0.2, 0) is 26.0 Å². The summed E-state index contributed by atoms with van der Waals surface area (Å²) in [5, 5.41) is 0.878. The third-order valence-electron chi connectivity index (χ3n) is 4.97. The highest BCUT2D eigenvalue weighted by Crippen LogP contribution is 2.41. The summed E-state index contributed by atoms with van der Waals surface area (Å²) in [6.07, 6.45) is 0. The van der Waals surface area contributed by atoms with Crippen molar-refractivity contribution in [2.75, 3.05) is 5.73 Å². The van der Waals surface area contributed by atoms with Crippen molar-refractivity contribution in [2.45, 2.75) is 23.3 Å². The van der Waals surface area contributed by atoms with E-state index >= 15 is 0 Å². The molecular formula is C23H19ClN2O4S. The fraction of sp³-hybridized carbons (Fsp3) is 0.0870. The number of para-hydroxylation sites is 1. The Morgan fingerprint density at radius 1 is 1.03 bits per heavy atom. The Kier molecular flexibility index (Phi) is 5.47. The monoisotopic (exact) mass is 454 g/mol. The van der Waals surface area contributed by atoms with Crippen molar-refractivity contribution in [3.05, 3.63) is 77.3 Å². The Balaban J connectivity index is 1.95. The van der Waals surface area contributed by atoms with E-state index in [1.165, 1.54) is 25.1 Å². The van der Waals surface area contributed by atoms with Crippen LogP contribution in [0.1, 0.15) is 12.5 Å². The van der Waals surface area contributed by atoms with Crippen LogP contribution >= 0.6 is 11.6 Å². The minimum Gasteiger partial charge on any atom is -0.461 e. The second kappa shape index (κ2) is 8.09. The number of nitrogens with one attached hydrogen (secondary N) is 1. The Labute approximate surface area is 184 Å². The SMILES string of the molecule is CC(=O)OCc1c(-c2ccc(Cl)c(S(=O)(=O)c3ccccc3)c2N)[nH]c2ccccc12. The van der Waals surface area contributed by atoms with E-state index in [4.69, 9.17) is 22.1 Å². The van der Waals surface area contributed by atoms with Crippen molar-refractivity contribution in [3.8, 4) is 11.3 Å². The van der Waals surface area contributed by atoms with Crippen LogP contribution in [-0.4, -0.2) is 19.4 Å². The number of nitrogen functional groups attached to an aromatic ring is 1. The van der Waals surface area contributed by atoms with Crippen LogP contribution in [0.2, 0.25) is 5.02 Å². The normalized spacial score (nSPS) is 11.5. The van der Waals surface area contributed by atoms with E-state index in [9.17, 15) is 13.2 Å². The number of rotatable bonds is 5. The third-order valence-corrected chi connectivity index (χ3v) is 7.27. The van der Waals surface area contributed by atoms with Gasteiger partial charge in [0.2, 0.25) is 9.84 Å². The van der Waals surface area contributed by atoms with Crippen molar-refractivity contribution < 1.29 is 17.9 Å². The van der Waals surface area contributed by atoms with Gasteiger partial charge in [-0.2, -0.15) is 0 Å². The second-order valence-corrected chi connectivity index (χ2v) is 9.25. The molecular weight excluding hydrogens is 436 g/mol. The first kappa shape index (κ1) is 21.0. The van der Waals surface area contributed by atoms with E-state index in [1.807, 2.05) is 24.3 Å². The van der Waals surface area contributed by atoms with Gasteiger partial charge in [-0.05, 0) is 30.3 Å². The predicted molar refractivity (Wildman–Crippen MR) is 121 cm³/mol. The zero-order valence-corrected chi connectivity index (χ0v) is 18.1. The number of carbonyl (C=O) groups excluding carboxylic acids is 1. The quantitative estimate of drug-likeness (QED) is 0.327. The van der Waals surface area contributed by atoms with Gasteiger partial charge in [-0.15, -0.1) is 0 Å². The number of ether oxygens (including phenoxy) is 1. The van der Waals surface area contributed by atoms with E-state index in [0.717, 1.165) is 10.9 Å². The van der Waals surface area contributed by atoms with Gasteiger partial charge in [0.05, 0.1) is 21.3 Å². The van der Waals surface area contributed by atoms with Gasteiger partial charge >= 0.3 is 5.97 Å². The average Bonchev–Trinajstić information content (AvgIpc) is 3.11. The number of aromatic amines is 1. The molecule has 0 fully saturated rings. The van der Waals surface area contributed by atoms with Crippen LogP contribution in [0.3, 0.4) is 0 Å². The molecule has 0 bridgehead atoms. The lowest BCUT2D eigenvalue weighted by atomic mass is 10.0. The molecule has 4 aromatic rings. The van der Waals surface area contributed by atoms with E-state index in [2.05, 4.69) is 4.98 Å². The summed E-state index contributed by atoms with van der Waals surface area (Å²) >= 11 is 6.31. The highest BCUT2D eigenvalue weighted by atomic mass is 35.5. The van der Waals surface area contributed by atoms with Crippen LogP contribution in [0.25, 0.3) is 22.2 Å². The zero-order chi connectivity index (χ0) is 22.2. The van der Waals surface area contributed by atoms with Crippen LogP contribution in [0.15, 0.2) is 76.5 Å². The maximum Gasteiger partial charge on any atom is 0.302 e. The first-order valence-corrected chi connectivity index (χ1v) is 11.3. The van der Waals surface area contributed by atoms with E-state index < -0.39 is 15.8 Å². The number of sulfone groups is 1. The molecule has 8 heteroatoms.